The van der Waals surface area contributed by atoms with E-state index in [4.69, 9.17) is 9.84 Å². The minimum absolute atomic E-state index is 0.238. The number of carboxylic acids is 1. The average molecular weight is 281 g/mol. The molecule has 110 valence electrons. The molecule has 1 aromatic rings. The van der Waals surface area contributed by atoms with Crippen LogP contribution in [-0.2, 0) is 9.53 Å². The maximum atomic E-state index is 12.0. The maximum absolute atomic E-state index is 12.0. The van der Waals surface area contributed by atoms with E-state index in [9.17, 15) is 9.59 Å². The van der Waals surface area contributed by atoms with E-state index < -0.39 is 17.9 Å². The maximum Gasteiger partial charge on any atom is 0.325 e. The van der Waals surface area contributed by atoms with E-state index in [1.165, 1.54) is 13.1 Å². The van der Waals surface area contributed by atoms with Gasteiger partial charge in [0.05, 0.1) is 17.8 Å². The van der Waals surface area contributed by atoms with E-state index in [0.29, 0.717) is 18.8 Å². The summed E-state index contributed by atoms with van der Waals surface area (Å²) >= 11 is 0. The van der Waals surface area contributed by atoms with Gasteiger partial charge in [-0.25, -0.2) is 0 Å². The summed E-state index contributed by atoms with van der Waals surface area (Å²) in [5.41, 5.74) is 1.18. The molecule has 0 unspecified atom stereocenters. The Morgan fingerprint density at radius 2 is 2.15 bits per heavy atom. The quantitative estimate of drug-likeness (QED) is 0.849. The van der Waals surface area contributed by atoms with Gasteiger partial charge < -0.3 is 15.2 Å². The average Bonchev–Trinajstić information content (AvgIpc) is 2.81. The number of nitrogens with zero attached hydrogens (tertiary/aromatic N) is 2. The monoisotopic (exact) mass is 281 g/mol. The highest BCUT2D eigenvalue weighted by molar-refractivity contribution is 5.97. The number of nitrogens with one attached hydrogen (secondary N) is 1. The summed E-state index contributed by atoms with van der Waals surface area (Å²) < 4.78 is 7.14. The molecule has 7 heteroatoms. The van der Waals surface area contributed by atoms with E-state index in [1.807, 2.05) is 11.6 Å². The zero-order chi connectivity index (χ0) is 14.7. The Balaban J connectivity index is 2.11. The summed E-state index contributed by atoms with van der Waals surface area (Å²) in [6.07, 6.45) is 3.24. The van der Waals surface area contributed by atoms with Crippen molar-refractivity contribution in [3.05, 3.63) is 17.5 Å². The summed E-state index contributed by atoms with van der Waals surface area (Å²) in [5, 5.41) is 15.5. The predicted octanol–water partition coefficient (Wildman–Crippen LogP) is 0.746. The van der Waals surface area contributed by atoms with Gasteiger partial charge in [0, 0.05) is 18.9 Å². The summed E-state index contributed by atoms with van der Waals surface area (Å²) in [6, 6.07) is -0.685. The molecule has 1 amide bonds. The van der Waals surface area contributed by atoms with E-state index in [1.54, 1.807) is 0 Å². The first-order chi connectivity index (χ1) is 9.50. The van der Waals surface area contributed by atoms with Crippen LogP contribution in [0.4, 0.5) is 0 Å². The Hall–Kier alpha value is -1.89. The molecule has 1 aliphatic heterocycles. The lowest BCUT2D eigenvalue weighted by Gasteiger charge is -2.23. The Kier molecular flexibility index (Phi) is 4.39. The van der Waals surface area contributed by atoms with Gasteiger partial charge in [-0.3, -0.25) is 14.3 Å². The number of aromatic nitrogens is 2. The van der Waals surface area contributed by atoms with Crippen molar-refractivity contribution >= 4 is 11.9 Å². The number of hydrogen-bond donors (Lipinski definition) is 2. The molecule has 2 heterocycles. The highest BCUT2D eigenvalue weighted by Crippen LogP contribution is 2.23. The second-order valence-electron chi connectivity index (χ2n) is 4.97. The molecule has 0 radical (unpaired) electrons. The van der Waals surface area contributed by atoms with Crippen molar-refractivity contribution in [2.24, 2.45) is 0 Å². The topological polar surface area (TPSA) is 93.5 Å². The first-order valence-corrected chi connectivity index (χ1v) is 6.66. The molecule has 1 atom stereocenters. The molecule has 2 rings (SSSR count). The lowest BCUT2D eigenvalue weighted by molar-refractivity contribution is -0.138. The molecule has 0 saturated carbocycles. The highest BCUT2D eigenvalue weighted by Gasteiger charge is 2.23. The minimum atomic E-state index is -1.06. The van der Waals surface area contributed by atoms with Crippen molar-refractivity contribution in [1.29, 1.82) is 0 Å². The SMILES string of the molecule is Cc1c(C(=O)N[C@H](C)C(=O)O)cnn1C1CCOCC1. The molecule has 2 N–H and O–H groups in total. The molecular weight excluding hydrogens is 262 g/mol. The molecule has 0 bridgehead atoms. The molecule has 0 aromatic carbocycles. The number of carboxylic acid groups (broad SMARTS) is 1. The van der Waals surface area contributed by atoms with Gasteiger partial charge >= 0.3 is 5.97 Å². The van der Waals surface area contributed by atoms with Crippen LogP contribution in [0, 0.1) is 6.92 Å². The lowest BCUT2D eigenvalue weighted by atomic mass is 10.1. The van der Waals surface area contributed by atoms with Crippen LogP contribution in [0.2, 0.25) is 0 Å². The van der Waals surface area contributed by atoms with E-state index in [2.05, 4.69) is 10.4 Å². The van der Waals surface area contributed by atoms with Crippen molar-refractivity contribution in [2.75, 3.05) is 13.2 Å². The van der Waals surface area contributed by atoms with Crippen LogP contribution >= 0.6 is 0 Å². The summed E-state index contributed by atoms with van der Waals surface area (Å²) in [5.74, 6) is -1.47. The van der Waals surface area contributed by atoms with Crippen LogP contribution in [0.25, 0.3) is 0 Å². The van der Waals surface area contributed by atoms with Gasteiger partial charge in [-0.1, -0.05) is 0 Å². The fourth-order valence-corrected chi connectivity index (χ4v) is 2.28. The first-order valence-electron chi connectivity index (χ1n) is 6.66. The van der Waals surface area contributed by atoms with Crippen LogP contribution in [0.3, 0.4) is 0 Å². The summed E-state index contributed by atoms with van der Waals surface area (Å²) in [4.78, 5) is 22.8. The van der Waals surface area contributed by atoms with Crippen molar-refractivity contribution in [3.63, 3.8) is 0 Å². The second-order valence-corrected chi connectivity index (χ2v) is 4.97. The number of hydrogen-bond acceptors (Lipinski definition) is 4. The minimum Gasteiger partial charge on any atom is -0.480 e. The first kappa shape index (κ1) is 14.5. The molecule has 1 fully saturated rings. The van der Waals surface area contributed by atoms with E-state index in [0.717, 1.165) is 18.5 Å². The van der Waals surface area contributed by atoms with Crippen LogP contribution < -0.4 is 5.32 Å². The van der Waals surface area contributed by atoms with Crippen LogP contribution in [0.5, 0.6) is 0 Å². The Morgan fingerprint density at radius 1 is 1.50 bits per heavy atom. The Bertz CT molecular complexity index is 506. The number of aliphatic carboxylic acids is 1. The molecule has 7 nitrogen and oxygen atoms in total. The third-order valence-corrected chi connectivity index (χ3v) is 3.54. The zero-order valence-electron chi connectivity index (χ0n) is 11.6. The predicted molar refractivity (Wildman–Crippen MR) is 70.6 cm³/mol. The van der Waals surface area contributed by atoms with Crippen molar-refractivity contribution in [1.82, 2.24) is 15.1 Å². The standard InChI is InChI=1S/C13H19N3O4/c1-8(13(18)19)15-12(17)11-7-14-16(9(11)2)10-3-5-20-6-4-10/h7-8,10H,3-6H2,1-2H3,(H,15,17)(H,18,19)/t8-/m1/s1. The summed E-state index contributed by atoms with van der Waals surface area (Å²) in [6.45, 7) is 4.64. The third kappa shape index (κ3) is 2.98. The molecule has 20 heavy (non-hydrogen) atoms. The van der Waals surface area contributed by atoms with Crippen LogP contribution in [0.15, 0.2) is 6.20 Å². The van der Waals surface area contributed by atoms with Crippen LogP contribution in [-0.4, -0.2) is 46.0 Å². The molecule has 1 aliphatic rings. The fraction of sp³-hybridized carbons (Fsp3) is 0.615. The molecule has 0 spiro atoms. The van der Waals surface area contributed by atoms with Crippen molar-refractivity contribution in [2.45, 2.75) is 38.8 Å². The van der Waals surface area contributed by atoms with E-state index >= 15 is 0 Å². The number of ether oxygens (including phenoxy) is 1. The number of carbonyl (C=O) groups excluding carboxylic acids is 1. The van der Waals surface area contributed by atoms with Crippen molar-refractivity contribution < 1.29 is 19.4 Å². The van der Waals surface area contributed by atoms with Gasteiger partial charge in [0.25, 0.3) is 5.91 Å². The number of rotatable bonds is 4. The van der Waals surface area contributed by atoms with Crippen LogP contribution in [0.1, 0.15) is 41.9 Å². The number of amides is 1. The Labute approximate surface area is 116 Å². The largest absolute Gasteiger partial charge is 0.480 e. The Morgan fingerprint density at radius 3 is 2.75 bits per heavy atom. The smallest absolute Gasteiger partial charge is 0.325 e. The van der Waals surface area contributed by atoms with Gasteiger partial charge in [0.1, 0.15) is 6.04 Å². The molecule has 0 aliphatic carbocycles. The summed E-state index contributed by atoms with van der Waals surface area (Å²) in [7, 11) is 0. The number of carbonyl (C=O) groups is 2. The van der Waals surface area contributed by atoms with Gasteiger partial charge in [0.2, 0.25) is 0 Å². The van der Waals surface area contributed by atoms with Gasteiger partial charge in [-0.05, 0) is 26.7 Å². The molecular formula is C13H19N3O4. The normalized spacial score (nSPS) is 17.7. The van der Waals surface area contributed by atoms with Gasteiger partial charge in [-0.2, -0.15) is 5.10 Å². The molecule has 1 saturated heterocycles. The van der Waals surface area contributed by atoms with Crippen molar-refractivity contribution in [3.8, 4) is 0 Å². The van der Waals surface area contributed by atoms with Gasteiger partial charge in [0.15, 0.2) is 0 Å². The fourth-order valence-electron chi connectivity index (χ4n) is 2.28. The lowest BCUT2D eigenvalue weighted by Crippen LogP contribution is -2.38. The molecule has 1 aromatic heterocycles. The van der Waals surface area contributed by atoms with Gasteiger partial charge in [-0.15, -0.1) is 0 Å². The van der Waals surface area contributed by atoms with E-state index in [-0.39, 0.29) is 6.04 Å². The second kappa shape index (κ2) is 6.04. The zero-order valence-corrected chi connectivity index (χ0v) is 11.6. The third-order valence-electron chi connectivity index (χ3n) is 3.54. The highest BCUT2D eigenvalue weighted by atomic mass is 16.5.